The Balaban J connectivity index is 4.08. The molecule has 0 radical (unpaired) electrons. The van der Waals surface area contributed by atoms with Crippen LogP contribution in [0.5, 0.6) is 0 Å². The Kier molecular flexibility index (Phi) is 59.2. The van der Waals surface area contributed by atoms with Crippen LogP contribution in [0.3, 0.4) is 0 Å². The lowest BCUT2D eigenvalue weighted by atomic mass is 10.0. The van der Waals surface area contributed by atoms with E-state index in [1.165, 1.54) is 122 Å². The second-order valence-electron chi connectivity index (χ2n) is 23.1. The van der Waals surface area contributed by atoms with E-state index in [0.29, 0.717) is 23.9 Å². The highest BCUT2D eigenvalue weighted by Crippen LogP contribution is 2.38. The minimum absolute atomic E-state index is 0.0376. The van der Waals surface area contributed by atoms with Crippen molar-refractivity contribution in [2.24, 2.45) is 0 Å². The van der Waals surface area contributed by atoms with Gasteiger partial charge in [-0.15, -0.1) is 0 Å². The Morgan fingerprint density at radius 2 is 0.695 bits per heavy atom. The largest absolute Gasteiger partial charge is 0.756 e. The predicted molar refractivity (Wildman–Crippen MR) is 351 cm³/mol. The minimum atomic E-state index is -4.65. The van der Waals surface area contributed by atoms with E-state index in [1.54, 1.807) is 0 Å². The summed E-state index contributed by atoms with van der Waals surface area (Å²) in [7, 11) is 1.15. The average molecular weight is 1160 g/mol. The van der Waals surface area contributed by atoms with Crippen LogP contribution in [0.1, 0.15) is 271 Å². The monoisotopic (exact) mass is 1160 g/mol. The van der Waals surface area contributed by atoms with Crippen LogP contribution in [0.25, 0.3) is 0 Å². The van der Waals surface area contributed by atoms with Crippen molar-refractivity contribution >= 4 is 19.8 Å². The lowest BCUT2D eigenvalue weighted by Crippen LogP contribution is -2.37. The third kappa shape index (κ3) is 65.6. The molecule has 0 aliphatic rings. The molecule has 0 aromatic rings. The maximum atomic E-state index is 12.8. The topological polar surface area (TPSA) is 111 Å². The number of hydrogen-bond acceptors (Lipinski definition) is 8. The van der Waals surface area contributed by atoms with Gasteiger partial charge in [-0.05, 0) is 109 Å². The number of carbonyl (C=O) groups excluding carboxylic acids is 2. The number of phosphoric acid groups is 1. The summed E-state index contributed by atoms with van der Waals surface area (Å²) in [6.07, 6.45) is 88.3. The first-order valence-electron chi connectivity index (χ1n) is 33.2. The van der Waals surface area contributed by atoms with Crippen molar-refractivity contribution in [2.75, 3.05) is 47.5 Å². The van der Waals surface area contributed by atoms with Crippen LogP contribution in [0.15, 0.2) is 122 Å². The van der Waals surface area contributed by atoms with E-state index in [0.717, 1.165) is 109 Å². The number of nitrogens with zero attached hydrogens (tertiary/aromatic N) is 1. The minimum Gasteiger partial charge on any atom is -0.756 e. The van der Waals surface area contributed by atoms with Gasteiger partial charge in [0.1, 0.15) is 19.8 Å². The standard InChI is InChI=1S/C72H124NO8P/c1-6-8-10-12-14-16-18-20-22-24-26-28-29-30-31-32-33-34-35-36-37-38-39-40-41-42-43-45-47-49-51-53-55-57-59-61-63-65-72(75)81-70(69-80-82(76,77)79-67-66-73(3,4)5)68-78-71(74)64-62-60-58-56-54-52-50-48-46-44-27-25-23-21-19-17-15-13-11-9-7-2/h8,10,14,16,19-22,25-28,30-31,33-34,36-37,46,48,70H,6-7,9,11-13,15,17-18,23-24,29,32,35,38-45,47,49-69H2,1-5H3/b10-8-,16-14-,21-19-,22-20-,27-25-,28-26-,31-30-,34-33-,37-36-,48-46-. The van der Waals surface area contributed by atoms with Gasteiger partial charge in [-0.2, -0.15) is 0 Å². The van der Waals surface area contributed by atoms with Gasteiger partial charge in [0.15, 0.2) is 6.10 Å². The molecular weight excluding hydrogens is 1040 g/mol. The fourth-order valence-electron chi connectivity index (χ4n) is 8.88. The summed E-state index contributed by atoms with van der Waals surface area (Å²) in [6.45, 7) is 4.11. The highest BCUT2D eigenvalue weighted by atomic mass is 31.2. The number of hydrogen-bond donors (Lipinski definition) is 0. The molecule has 0 saturated heterocycles. The molecule has 0 fully saturated rings. The predicted octanol–water partition coefficient (Wildman–Crippen LogP) is 20.9. The molecule has 2 atom stereocenters. The van der Waals surface area contributed by atoms with Crippen molar-refractivity contribution in [3.8, 4) is 0 Å². The Bertz CT molecular complexity index is 1800. The van der Waals surface area contributed by atoms with Crippen LogP contribution in [0.2, 0.25) is 0 Å². The number of esters is 2. The number of allylic oxidation sites excluding steroid dienone is 20. The van der Waals surface area contributed by atoms with Crippen molar-refractivity contribution in [1.82, 2.24) is 0 Å². The molecule has 0 aromatic carbocycles. The first-order valence-corrected chi connectivity index (χ1v) is 34.7. The summed E-state index contributed by atoms with van der Waals surface area (Å²) in [5, 5.41) is 0. The summed E-state index contributed by atoms with van der Waals surface area (Å²) >= 11 is 0. The lowest BCUT2D eigenvalue weighted by Gasteiger charge is -2.28. The van der Waals surface area contributed by atoms with E-state index in [1.807, 2.05) is 21.1 Å². The third-order valence-corrected chi connectivity index (χ3v) is 14.9. The molecule has 0 aromatic heterocycles. The molecule has 0 aliphatic heterocycles. The Morgan fingerprint density at radius 3 is 1.04 bits per heavy atom. The summed E-state index contributed by atoms with van der Waals surface area (Å²) in [4.78, 5) is 38.0. The highest BCUT2D eigenvalue weighted by Gasteiger charge is 2.22. The maximum Gasteiger partial charge on any atom is 0.306 e. The normalized spacial score (nSPS) is 14.0. The van der Waals surface area contributed by atoms with E-state index in [4.69, 9.17) is 18.5 Å². The van der Waals surface area contributed by atoms with Crippen LogP contribution in [-0.4, -0.2) is 70.0 Å². The summed E-state index contributed by atoms with van der Waals surface area (Å²) in [5.74, 6) is -0.848. The first kappa shape index (κ1) is 78.4. The molecule has 0 rings (SSSR count). The van der Waals surface area contributed by atoms with Gasteiger partial charge in [-0.25, -0.2) is 0 Å². The van der Waals surface area contributed by atoms with Crippen LogP contribution in [0, 0.1) is 0 Å². The van der Waals surface area contributed by atoms with Crippen LogP contribution < -0.4 is 4.89 Å². The molecule has 0 saturated carbocycles. The molecule has 0 bridgehead atoms. The number of rotatable bonds is 60. The van der Waals surface area contributed by atoms with Gasteiger partial charge in [0.25, 0.3) is 7.82 Å². The average Bonchev–Trinajstić information content (AvgIpc) is 3.46. The molecule has 82 heavy (non-hydrogen) atoms. The van der Waals surface area contributed by atoms with Crippen molar-refractivity contribution < 1.29 is 42.1 Å². The highest BCUT2D eigenvalue weighted by molar-refractivity contribution is 7.45. The SMILES string of the molecule is CC/C=C\C/C=C\C/C=C\C/C=C\C/C=C\C/C=C\C/C=C\CCCCCCCCCCCCCCCCCC(=O)OC(COC(=O)CCCCCCCC/C=C\C/C=C\C/C=C\CCCCCCC)COP(=O)([O-])OCC[N+](C)(C)C. The van der Waals surface area contributed by atoms with E-state index >= 15 is 0 Å². The van der Waals surface area contributed by atoms with Gasteiger partial charge in [0.05, 0.1) is 27.7 Å². The van der Waals surface area contributed by atoms with Crippen molar-refractivity contribution in [3.05, 3.63) is 122 Å². The van der Waals surface area contributed by atoms with Gasteiger partial charge in [-0.1, -0.05) is 270 Å². The molecule has 0 aliphatic carbocycles. The van der Waals surface area contributed by atoms with Crippen LogP contribution in [-0.2, 0) is 32.7 Å². The van der Waals surface area contributed by atoms with Crippen LogP contribution >= 0.6 is 7.82 Å². The molecule has 0 heterocycles. The third-order valence-electron chi connectivity index (χ3n) is 14.0. The summed E-state index contributed by atoms with van der Waals surface area (Å²) in [5.41, 5.74) is 0. The summed E-state index contributed by atoms with van der Waals surface area (Å²) in [6, 6.07) is 0. The van der Waals surface area contributed by atoms with Crippen molar-refractivity contribution in [3.63, 3.8) is 0 Å². The zero-order valence-corrected chi connectivity index (χ0v) is 54.3. The lowest BCUT2D eigenvalue weighted by molar-refractivity contribution is -0.870. The Hall–Kier alpha value is -3.59. The van der Waals surface area contributed by atoms with E-state index in [9.17, 15) is 19.0 Å². The zero-order chi connectivity index (χ0) is 59.8. The van der Waals surface area contributed by atoms with E-state index in [-0.39, 0.29) is 26.1 Å². The smallest absolute Gasteiger partial charge is 0.306 e. The van der Waals surface area contributed by atoms with Gasteiger partial charge >= 0.3 is 11.9 Å². The fraction of sp³-hybridized carbons (Fsp3) is 0.694. The number of ether oxygens (including phenoxy) is 2. The second-order valence-corrected chi connectivity index (χ2v) is 24.5. The van der Waals surface area contributed by atoms with E-state index < -0.39 is 32.5 Å². The van der Waals surface area contributed by atoms with E-state index in [2.05, 4.69) is 135 Å². The molecule has 10 heteroatoms. The Labute approximate surface area is 505 Å². The maximum absolute atomic E-state index is 12.8. The number of unbranched alkanes of at least 4 members (excludes halogenated alkanes) is 26. The number of likely N-dealkylation sites (N-methyl/N-ethyl adjacent to an activating group) is 1. The number of phosphoric ester groups is 1. The first-order chi connectivity index (χ1) is 40.0. The van der Waals surface area contributed by atoms with Gasteiger partial charge in [0, 0.05) is 12.8 Å². The number of quaternary nitrogens is 1. The Morgan fingerprint density at radius 1 is 0.390 bits per heavy atom. The number of carbonyl (C=O) groups is 2. The molecule has 470 valence electrons. The molecule has 0 N–H and O–H groups in total. The molecular formula is C72H124NO8P. The van der Waals surface area contributed by atoms with Gasteiger partial charge in [0.2, 0.25) is 0 Å². The quantitative estimate of drug-likeness (QED) is 0.0195. The second kappa shape index (κ2) is 62.0. The summed E-state index contributed by atoms with van der Waals surface area (Å²) < 4.78 is 34.2. The van der Waals surface area contributed by atoms with Crippen molar-refractivity contribution in [1.29, 1.82) is 0 Å². The fourth-order valence-corrected chi connectivity index (χ4v) is 9.61. The van der Waals surface area contributed by atoms with Crippen molar-refractivity contribution in [2.45, 2.75) is 277 Å². The molecule has 2 unspecified atom stereocenters. The molecule has 9 nitrogen and oxygen atoms in total. The molecule has 0 spiro atoms. The van der Waals surface area contributed by atoms with Gasteiger partial charge < -0.3 is 27.9 Å². The molecule has 0 amide bonds. The zero-order valence-electron chi connectivity index (χ0n) is 53.4. The van der Waals surface area contributed by atoms with Crippen LogP contribution in [0.4, 0.5) is 0 Å². The van der Waals surface area contributed by atoms with Gasteiger partial charge in [-0.3, -0.25) is 14.2 Å².